The number of guanidine groups is 1. The number of aliphatic imine (C=N–C) groups is 1. The smallest absolute Gasteiger partial charge is 0.239 e. The summed E-state index contributed by atoms with van der Waals surface area (Å²) in [6.07, 6.45) is 0. The standard InChI is InChI=1S/C15H22BrFN4O/c1-15(2,3)21-13(22)9-20-14(18-4)19-8-10-5-6-11(16)7-12(10)17/h5-7H,8-9H2,1-4H3,(H,21,22)(H2,18,19,20). The summed E-state index contributed by atoms with van der Waals surface area (Å²) in [7, 11) is 1.59. The predicted molar refractivity (Wildman–Crippen MR) is 90.2 cm³/mol. The summed E-state index contributed by atoms with van der Waals surface area (Å²) >= 11 is 3.21. The van der Waals surface area contributed by atoms with Crippen molar-refractivity contribution in [1.29, 1.82) is 0 Å². The maximum absolute atomic E-state index is 13.7. The Morgan fingerprint density at radius 3 is 2.55 bits per heavy atom. The summed E-state index contributed by atoms with van der Waals surface area (Å²) in [4.78, 5) is 15.7. The number of hydrogen-bond donors (Lipinski definition) is 3. The summed E-state index contributed by atoms with van der Waals surface area (Å²) in [5.74, 6) is -0.000506. The molecule has 0 spiro atoms. The lowest BCUT2D eigenvalue weighted by Gasteiger charge is -2.21. The minimum absolute atomic E-state index is 0.0970. The summed E-state index contributed by atoms with van der Waals surface area (Å²) < 4.78 is 14.4. The molecule has 0 saturated heterocycles. The van der Waals surface area contributed by atoms with Gasteiger partial charge >= 0.3 is 0 Å². The SMILES string of the molecule is CN=C(NCC(=O)NC(C)(C)C)NCc1ccc(Br)cc1F. The molecule has 0 aliphatic heterocycles. The molecule has 0 aromatic heterocycles. The second kappa shape index (κ2) is 8.12. The number of carbonyl (C=O) groups excluding carboxylic acids is 1. The van der Waals surface area contributed by atoms with Crippen molar-refractivity contribution in [2.75, 3.05) is 13.6 Å². The second-order valence-corrected chi connectivity index (χ2v) is 6.73. The first-order chi connectivity index (χ1) is 10.2. The molecule has 3 N–H and O–H groups in total. The maximum Gasteiger partial charge on any atom is 0.239 e. The molecular formula is C15H22BrFN4O. The summed E-state index contributed by atoms with van der Waals surface area (Å²) in [6.45, 7) is 6.11. The van der Waals surface area contributed by atoms with Crippen LogP contribution >= 0.6 is 15.9 Å². The van der Waals surface area contributed by atoms with Gasteiger partial charge in [-0.15, -0.1) is 0 Å². The van der Waals surface area contributed by atoms with Crippen LogP contribution in [-0.2, 0) is 11.3 Å². The zero-order valence-electron chi connectivity index (χ0n) is 13.3. The van der Waals surface area contributed by atoms with Gasteiger partial charge in [-0.1, -0.05) is 22.0 Å². The van der Waals surface area contributed by atoms with Crippen molar-refractivity contribution in [3.05, 3.63) is 34.1 Å². The molecule has 0 aliphatic rings. The molecule has 1 rings (SSSR count). The summed E-state index contributed by atoms with van der Waals surface area (Å²) in [5, 5.41) is 8.69. The monoisotopic (exact) mass is 372 g/mol. The molecule has 5 nitrogen and oxygen atoms in total. The topological polar surface area (TPSA) is 65.5 Å². The van der Waals surface area contributed by atoms with E-state index in [1.807, 2.05) is 20.8 Å². The van der Waals surface area contributed by atoms with Crippen LogP contribution in [0.3, 0.4) is 0 Å². The number of amides is 1. The van der Waals surface area contributed by atoms with E-state index in [1.165, 1.54) is 6.07 Å². The Balaban J connectivity index is 2.48. The Bertz CT molecular complexity index is 555. The lowest BCUT2D eigenvalue weighted by atomic mass is 10.1. The molecule has 7 heteroatoms. The van der Waals surface area contributed by atoms with Gasteiger partial charge in [-0.25, -0.2) is 4.39 Å². The molecule has 0 heterocycles. The van der Waals surface area contributed by atoms with Gasteiger partial charge in [0.1, 0.15) is 5.82 Å². The number of halogens is 2. The Hall–Kier alpha value is -1.63. The first-order valence-electron chi connectivity index (χ1n) is 6.91. The van der Waals surface area contributed by atoms with Crippen LogP contribution in [0.1, 0.15) is 26.3 Å². The van der Waals surface area contributed by atoms with Crippen molar-refractivity contribution in [2.45, 2.75) is 32.9 Å². The van der Waals surface area contributed by atoms with Gasteiger partial charge in [0.25, 0.3) is 0 Å². The summed E-state index contributed by atoms with van der Waals surface area (Å²) in [5.41, 5.74) is 0.237. The van der Waals surface area contributed by atoms with E-state index in [0.29, 0.717) is 16.0 Å². The van der Waals surface area contributed by atoms with Crippen LogP contribution in [0.15, 0.2) is 27.7 Å². The number of hydrogen-bond acceptors (Lipinski definition) is 2. The van der Waals surface area contributed by atoms with Crippen LogP contribution < -0.4 is 16.0 Å². The Kier molecular flexibility index (Phi) is 6.80. The Labute approximate surface area is 138 Å². The van der Waals surface area contributed by atoms with Crippen molar-refractivity contribution >= 4 is 27.8 Å². The number of nitrogens with zero attached hydrogens (tertiary/aromatic N) is 1. The molecule has 1 aromatic rings. The van der Waals surface area contributed by atoms with Crippen molar-refractivity contribution in [3.63, 3.8) is 0 Å². The van der Waals surface area contributed by atoms with E-state index in [4.69, 9.17) is 0 Å². The van der Waals surface area contributed by atoms with E-state index in [-0.39, 0.29) is 30.4 Å². The first kappa shape index (κ1) is 18.4. The zero-order chi connectivity index (χ0) is 16.8. The van der Waals surface area contributed by atoms with Crippen LogP contribution in [0, 0.1) is 5.82 Å². The number of carbonyl (C=O) groups is 1. The molecule has 1 aromatic carbocycles. The molecule has 0 radical (unpaired) electrons. The second-order valence-electron chi connectivity index (χ2n) is 5.81. The van der Waals surface area contributed by atoms with E-state index >= 15 is 0 Å². The molecule has 122 valence electrons. The first-order valence-corrected chi connectivity index (χ1v) is 7.70. The minimum Gasteiger partial charge on any atom is -0.352 e. The largest absolute Gasteiger partial charge is 0.352 e. The van der Waals surface area contributed by atoms with Gasteiger partial charge in [0.15, 0.2) is 5.96 Å². The zero-order valence-corrected chi connectivity index (χ0v) is 14.8. The summed E-state index contributed by atoms with van der Waals surface area (Å²) in [6, 6.07) is 4.86. The average molecular weight is 373 g/mol. The Morgan fingerprint density at radius 2 is 2.00 bits per heavy atom. The fraction of sp³-hybridized carbons (Fsp3) is 0.467. The van der Waals surface area contributed by atoms with Gasteiger partial charge in [-0.2, -0.15) is 0 Å². The van der Waals surface area contributed by atoms with E-state index < -0.39 is 0 Å². The molecule has 0 aliphatic carbocycles. The van der Waals surface area contributed by atoms with Gasteiger partial charge in [0, 0.05) is 29.2 Å². The molecular weight excluding hydrogens is 351 g/mol. The van der Waals surface area contributed by atoms with Crippen LogP contribution in [0.25, 0.3) is 0 Å². The quantitative estimate of drug-likeness (QED) is 0.560. The highest BCUT2D eigenvalue weighted by atomic mass is 79.9. The minimum atomic E-state index is -0.303. The highest BCUT2D eigenvalue weighted by Crippen LogP contribution is 2.14. The lowest BCUT2D eigenvalue weighted by Crippen LogP contribution is -2.48. The van der Waals surface area contributed by atoms with Crippen LogP contribution in [0.4, 0.5) is 4.39 Å². The van der Waals surface area contributed by atoms with Crippen molar-refractivity contribution < 1.29 is 9.18 Å². The van der Waals surface area contributed by atoms with Crippen molar-refractivity contribution in [1.82, 2.24) is 16.0 Å². The van der Waals surface area contributed by atoms with E-state index in [0.717, 1.165) is 0 Å². The van der Waals surface area contributed by atoms with Crippen molar-refractivity contribution in [3.8, 4) is 0 Å². The fourth-order valence-corrected chi connectivity index (χ4v) is 2.02. The van der Waals surface area contributed by atoms with E-state index in [1.54, 1.807) is 19.2 Å². The van der Waals surface area contributed by atoms with Crippen LogP contribution in [-0.4, -0.2) is 31.0 Å². The van der Waals surface area contributed by atoms with E-state index in [9.17, 15) is 9.18 Å². The third kappa shape index (κ3) is 6.89. The molecule has 0 bridgehead atoms. The number of benzene rings is 1. The Morgan fingerprint density at radius 1 is 1.32 bits per heavy atom. The normalized spacial score (nSPS) is 12.0. The third-order valence-electron chi connectivity index (χ3n) is 2.62. The highest BCUT2D eigenvalue weighted by molar-refractivity contribution is 9.10. The molecule has 0 atom stereocenters. The van der Waals surface area contributed by atoms with Gasteiger partial charge in [0.05, 0.1) is 6.54 Å². The molecule has 0 fully saturated rings. The molecule has 0 unspecified atom stereocenters. The van der Waals surface area contributed by atoms with Gasteiger partial charge < -0.3 is 16.0 Å². The average Bonchev–Trinajstić information content (AvgIpc) is 2.38. The van der Waals surface area contributed by atoms with Crippen molar-refractivity contribution in [2.24, 2.45) is 4.99 Å². The highest BCUT2D eigenvalue weighted by Gasteiger charge is 2.13. The van der Waals surface area contributed by atoms with Gasteiger partial charge in [-0.3, -0.25) is 9.79 Å². The predicted octanol–water partition coefficient (Wildman–Crippen LogP) is 2.17. The third-order valence-corrected chi connectivity index (χ3v) is 3.11. The number of rotatable bonds is 4. The van der Waals surface area contributed by atoms with Gasteiger partial charge in [-0.05, 0) is 32.9 Å². The van der Waals surface area contributed by atoms with Crippen LogP contribution in [0.2, 0.25) is 0 Å². The number of nitrogens with one attached hydrogen (secondary N) is 3. The molecule has 22 heavy (non-hydrogen) atoms. The van der Waals surface area contributed by atoms with E-state index in [2.05, 4.69) is 36.9 Å². The maximum atomic E-state index is 13.7. The molecule has 1 amide bonds. The van der Waals surface area contributed by atoms with Crippen LogP contribution in [0.5, 0.6) is 0 Å². The lowest BCUT2D eigenvalue weighted by molar-refractivity contribution is -0.121. The van der Waals surface area contributed by atoms with Gasteiger partial charge in [0.2, 0.25) is 5.91 Å². The molecule has 0 saturated carbocycles. The fourth-order valence-electron chi connectivity index (χ4n) is 1.69.